The number of amides is 1. The van der Waals surface area contributed by atoms with E-state index in [4.69, 9.17) is 18.9 Å². The van der Waals surface area contributed by atoms with Crippen molar-refractivity contribution in [3.8, 4) is 23.0 Å². The summed E-state index contributed by atoms with van der Waals surface area (Å²) in [5, 5.41) is 11.4. The van der Waals surface area contributed by atoms with Gasteiger partial charge in [-0.15, -0.1) is 0 Å². The average molecular weight is 504 g/mol. The van der Waals surface area contributed by atoms with Gasteiger partial charge in [0.2, 0.25) is 5.75 Å². The van der Waals surface area contributed by atoms with Crippen molar-refractivity contribution in [2.45, 2.75) is 12.5 Å². The molecule has 37 heavy (non-hydrogen) atoms. The van der Waals surface area contributed by atoms with Gasteiger partial charge in [-0.1, -0.05) is 42.5 Å². The van der Waals surface area contributed by atoms with E-state index in [0.29, 0.717) is 40.5 Å². The Bertz CT molecular complexity index is 1310. The Balaban J connectivity index is 1.89. The van der Waals surface area contributed by atoms with Crippen LogP contribution >= 0.6 is 0 Å². The second kappa shape index (κ2) is 11.1. The molecule has 192 valence electrons. The van der Waals surface area contributed by atoms with Gasteiger partial charge in [-0.3, -0.25) is 9.59 Å². The summed E-state index contributed by atoms with van der Waals surface area (Å²) in [7, 11) is 5.99. The summed E-state index contributed by atoms with van der Waals surface area (Å²) in [6, 6.07) is 18.9. The topological polar surface area (TPSA) is 94.5 Å². The van der Waals surface area contributed by atoms with Crippen molar-refractivity contribution in [2.75, 3.05) is 35.0 Å². The van der Waals surface area contributed by atoms with Crippen LogP contribution in [-0.2, 0) is 16.0 Å². The molecule has 0 saturated carbocycles. The van der Waals surface area contributed by atoms with Gasteiger partial charge in [0.25, 0.3) is 11.7 Å². The first kappa shape index (κ1) is 25.6. The number of methoxy groups -OCH3 is 4. The third-order valence-corrected chi connectivity index (χ3v) is 6.37. The molecule has 0 aromatic heterocycles. The number of aliphatic hydroxyl groups excluding tert-OH is 1. The van der Waals surface area contributed by atoms with E-state index in [1.807, 2.05) is 30.3 Å². The van der Waals surface area contributed by atoms with Crippen LogP contribution in [0.15, 0.2) is 72.3 Å². The van der Waals surface area contributed by atoms with Crippen LogP contribution in [0.3, 0.4) is 0 Å². The van der Waals surface area contributed by atoms with E-state index < -0.39 is 17.7 Å². The third kappa shape index (κ3) is 4.95. The first-order valence-corrected chi connectivity index (χ1v) is 11.7. The zero-order chi connectivity index (χ0) is 26.5. The molecule has 1 N–H and O–H groups in total. The van der Waals surface area contributed by atoms with E-state index in [1.54, 1.807) is 36.4 Å². The van der Waals surface area contributed by atoms with Crippen LogP contribution < -0.4 is 18.9 Å². The van der Waals surface area contributed by atoms with E-state index in [0.717, 1.165) is 5.56 Å². The molecule has 0 bridgehead atoms. The van der Waals surface area contributed by atoms with Crippen LogP contribution in [-0.4, -0.2) is 56.7 Å². The lowest BCUT2D eigenvalue weighted by molar-refractivity contribution is -0.139. The van der Waals surface area contributed by atoms with Crippen molar-refractivity contribution < 1.29 is 33.6 Å². The standard InChI is InChI=1S/C29H29NO7/c1-34-21-12-8-11-19(15-21)26(31)24-25(20-16-22(35-2)28(37-4)23(17-20)36-3)30(29(33)27(24)32)14-13-18-9-6-5-7-10-18/h5-12,15-17,25,31H,13-14H2,1-4H3. The molecule has 0 aliphatic carbocycles. The van der Waals surface area contributed by atoms with Crippen LogP contribution in [0, 0.1) is 0 Å². The number of rotatable bonds is 9. The summed E-state index contributed by atoms with van der Waals surface area (Å²) >= 11 is 0. The van der Waals surface area contributed by atoms with Crippen LogP contribution in [0.5, 0.6) is 23.0 Å². The van der Waals surface area contributed by atoms with E-state index in [9.17, 15) is 14.7 Å². The fourth-order valence-electron chi connectivity index (χ4n) is 4.54. The van der Waals surface area contributed by atoms with Gasteiger partial charge in [0.05, 0.1) is 40.1 Å². The molecule has 8 nitrogen and oxygen atoms in total. The Kier molecular flexibility index (Phi) is 7.67. The highest BCUT2D eigenvalue weighted by Gasteiger charge is 2.46. The van der Waals surface area contributed by atoms with Crippen molar-refractivity contribution in [2.24, 2.45) is 0 Å². The van der Waals surface area contributed by atoms with Crippen molar-refractivity contribution in [1.29, 1.82) is 0 Å². The molecule has 1 saturated heterocycles. The summed E-state index contributed by atoms with van der Waals surface area (Å²) < 4.78 is 21.8. The summed E-state index contributed by atoms with van der Waals surface area (Å²) in [6.45, 7) is 0.255. The third-order valence-electron chi connectivity index (χ3n) is 6.37. The van der Waals surface area contributed by atoms with E-state index in [-0.39, 0.29) is 17.9 Å². The lowest BCUT2D eigenvalue weighted by Crippen LogP contribution is -2.31. The monoisotopic (exact) mass is 503 g/mol. The number of Topliss-reactive ketones (excluding diaryl/α,β-unsaturated/α-hetero) is 1. The maximum atomic E-state index is 13.4. The summed E-state index contributed by atoms with van der Waals surface area (Å²) in [4.78, 5) is 28.2. The van der Waals surface area contributed by atoms with Gasteiger partial charge in [0, 0.05) is 12.1 Å². The zero-order valence-electron chi connectivity index (χ0n) is 21.2. The summed E-state index contributed by atoms with van der Waals surface area (Å²) in [5.41, 5.74) is 1.88. The minimum absolute atomic E-state index is 0.0272. The van der Waals surface area contributed by atoms with Crippen molar-refractivity contribution in [3.05, 3.63) is 89.0 Å². The fraction of sp³-hybridized carbons (Fsp3) is 0.241. The largest absolute Gasteiger partial charge is 0.507 e. The van der Waals surface area contributed by atoms with Gasteiger partial charge in [-0.2, -0.15) is 0 Å². The highest BCUT2D eigenvalue weighted by atomic mass is 16.5. The van der Waals surface area contributed by atoms with Crippen molar-refractivity contribution >= 4 is 17.4 Å². The van der Waals surface area contributed by atoms with Crippen molar-refractivity contribution in [1.82, 2.24) is 4.90 Å². The van der Waals surface area contributed by atoms with Crippen molar-refractivity contribution in [3.63, 3.8) is 0 Å². The molecule has 1 aliphatic rings. The molecule has 8 heteroatoms. The maximum absolute atomic E-state index is 13.4. The molecular formula is C29H29NO7. The molecule has 1 amide bonds. The number of ketones is 1. The fourth-order valence-corrected chi connectivity index (χ4v) is 4.54. The Labute approximate surface area is 215 Å². The number of carbonyl (C=O) groups excluding carboxylic acids is 2. The molecular weight excluding hydrogens is 474 g/mol. The first-order chi connectivity index (χ1) is 17.9. The van der Waals surface area contributed by atoms with Crippen LogP contribution in [0.1, 0.15) is 22.7 Å². The molecule has 4 rings (SSSR count). The lowest BCUT2D eigenvalue weighted by atomic mass is 9.94. The van der Waals surface area contributed by atoms with E-state index >= 15 is 0 Å². The lowest BCUT2D eigenvalue weighted by Gasteiger charge is -2.26. The zero-order valence-corrected chi connectivity index (χ0v) is 21.2. The molecule has 3 aromatic rings. The van der Waals surface area contributed by atoms with E-state index in [2.05, 4.69) is 0 Å². The number of hydrogen-bond acceptors (Lipinski definition) is 7. The van der Waals surface area contributed by atoms with Gasteiger partial charge >= 0.3 is 0 Å². The van der Waals surface area contributed by atoms with Crippen LogP contribution in [0.25, 0.3) is 5.76 Å². The minimum Gasteiger partial charge on any atom is -0.507 e. The normalized spacial score (nSPS) is 16.5. The SMILES string of the molecule is COc1cccc(C(O)=C2C(=O)C(=O)N(CCc3ccccc3)C2c2cc(OC)c(OC)c(OC)c2)c1. The molecule has 1 fully saturated rings. The van der Waals surface area contributed by atoms with E-state index in [1.165, 1.54) is 33.3 Å². The molecule has 0 spiro atoms. The highest BCUT2D eigenvalue weighted by molar-refractivity contribution is 6.46. The molecule has 1 heterocycles. The predicted molar refractivity (Wildman–Crippen MR) is 138 cm³/mol. The number of aliphatic hydroxyl groups is 1. The van der Waals surface area contributed by atoms with Gasteiger partial charge in [-0.05, 0) is 41.8 Å². The predicted octanol–water partition coefficient (Wildman–Crippen LogP) is 4.39. The molecule has 1 atom stereocenters. The summed E-state index contributed by atoms with van der Waals surface area (Å²) in [5.74, 6) is -0.141. The second-order valence-electron chi connectivity index (χ2n) is 8.42. The van der Waals surface area contributed by atoms with Gasteiger partial charge < -0.3 is 29.0 Å². The Morgan fingerprint density at radius 1 is 0.838 bits per heavy atom. The van der Waals surface area contributed by atoms with Gasteiger partial charge in [0.1, 0.15) is 11.5 Å². The minimum atomic E-state index is -0.886. The number of benzene rings is 3. The molecule has 0 radical (unpaired) electrons. The van der Waals surface area contributed by atoms with Crippen LogP contribution in [0.4, 0.5) is 0 Å². The van der Waals surface area contributed by atoms with Gasteiger partial charge in [0.15, 0.2) is 11.5 Å². The average Bonchev–Trinajstić information content (AvgIpc) is 3.20. The molecule has 1 aliphatic heterocycles. The number of likely N-dealkylation sites (tertiary alicyclic amines) is 1. The smallest absolute Gasteiger partial charge is 0.295 e. The first-order valence-electron chi connectivity index (χ1n) is 11.7. The number of nitrogens with zero attached hydrogens (tertiary/aromatic N) is 1. The number of carbonyl (C=O) groups is 2. The number of hydrogen-bond donors (Lipinski definition) is 1. The van der Waals surface area contributed by atoms with Gasteiger partial charge in [-0.25, -0.2) is 0 Å². The highest BCUT2D eigenvalue weighted by Crippen LogP contribution is 2.45. The summed E-state index contributed by atoms with van der Waals surface area (Å²) in [6.07, 6.45) is 0.522. The molecule has 3 aromatic carbocycles. The van der Waals surface area contributed by atoms with Crippen LogP contribution in [0.2, 0.25) is 0 Å². The Hall–Kier alpha value is -4.46. The number of ether oxygens (including phenoxy) is 4. The Morgan fingerprint density at radius 3 is 2.11 bits per heavy atom. The Morgan fingerprint density at radius 2 is 1.51 bits per heavy atom. The quantitative estimate of drug-likeness (QED) is 0.263. The second-order valence-corrected chi connectivity index (χ2v) is 8.42. The maximum Gasteiger partial charge on any atom is 0.295 e. The molecule has 1 unspecified atom stereocenters.